The normalized spacial score (nSPS) is 13.4. The van der Waals surface area contributed by atoms with E-state index in [1.807, 2.05) is 59.3 Å². The van der Waals surface area contributed by atoms with Gasteiger partial charge in [-0.3, -0.25) is 9.59 Å². The van der Waals surface area contributed by atoms with E-state index >= 15 is 0 Å². The molecule has 8 nitrogen and oxygen atoms in total. The van der Waals surface area contributed by atoms with Crippen molar-refractivity contribution in [1.29, 1.82) is 0 Å². The Kier molecular flexibility index (Phi) is 7.46. The van der Waals surface area contributed by atoms with Gasteiger partial charge in [-0.15, -0.1) is 4.68 Å². The molecule has 1 aliphatic rings. The quantitative estimate of drug-likeness (QED) is 0.290. The Hall–Kier alpha value is -4.18. The fraction of sp³-hybridized carbons (Fsp3) is 0.185. The van der Waals surface area contributed by atoms with Crippen LogP contribution in [0, 0.1) is 5.82 Å². The van der Waals surface area contributed by atoms with Gasteiger partial charge in [0.05, 0.1) is 5.75 Å². The van der Waals surface area contributed by atoms with E-state index in [9.17, 15) is 14.0 Å². The van der Waals surface area contributed by atoms with Crippen molar-refractivity contribution in [2.75, 3.05) is 42.1 Å². The second-order valence-electron chi connectivity index (χ2n) is 8.51. The highest BCUT2D eigenvalue weighted by atomic mass is 32.2. The van der Waals surface area contributed by atoms with Crippen LogP contribution in [0.3, 0.4) is 0 Å². The number of carbonyl (C=O) groups is 2. The molecule has 1 saturated heterocycles. The van der Waals surface area contributed by atoms with E-state index in [2.05, 4.69) is 20.3 Å². The van der Waals surface area contributed by atoms with Gasteiger partial charge in [-0.2, -0.15) is 5.10 Å². The number of aromatic nitrogens is 3. The molecular weight excluding hydrogens is 491 g/mol. The monoisotopic (exact) mass is 517 g/mol. The van der Waals surface area contributed by atoms with Crippen molar-refractivity contribution >= 4 is 35.0 Å². The molecule has 1 aliphatic heterocycles. The number of benzene rings is 3. The van der Waals surface area contributed by atoms with E-state index in [0.717, 1.165) is 11.4 Å². The molecule has 37 heavy (non-hydrogen) atoms. The average molecular weight is 518 g/mol. The van der Waals surface area contributed by atoms with E-state index in [1.165, 1.54) is 23.9 Å². The SMILES string of the molecule is O=C(CSc1nc[nH][n+]1-c1ccccc1)Nc1ccc(N2CCN(C(=O)c3cccc(F)c3)CC2)cc1. The Morgan fingerprint density at radius 2 is 1.73 bits per heavy atom. The molecule has 5 rings (SSSR count). The number of para-hydroxylation sites is 1. The molecule has 0 radical (unpaired) electrons. The zero-order valence-electron chi connectivity index (χ0n) is 20.0. The lowest BCUT2D eigenvalue weighted by Crippen LogP contribution is -2.48. The Morgan fingerprint density at radius 1 is 0.973 bits per heavy atom. The summed E-state index contributed by atoms with van der Waals surface area (Å²) in [6.07, 6.45) is 1.60. The highest BCUT2D eigenvalue weighted by Crippen LogP contribution is 2.21. The molecule has 4 aromatic rings. The first-order valence-electron chi connectivity index (χ1n) is 11.9. The minimum Gasteiger partial charge on any atom is -0.368 e. The van der Waals surface area contributed by atoms with Crippen LogP contribution in [0.2, 0.25) is 0 Å². The van der Waals surface area contributed by atoms with Crippen molar-refractivity contribution in [3.8, 4) is 5.69 Å². The fourth-order valence-corrected chi connectivity index (χ4v) is 4.92. The summed E-state index contributed by atoms with van der Waals surface area (Å²) in [5.74, 6) is -0.461. The van der Waals surface area contributed by atoms with Crippen LogP contribution in [0.25, 0.3) is 5.69 Å². The summed E-state index contributed by atoms with van der Waals surface area (Å²) < 4.78 is 15.3. The molecule has 0 bridgehead atoms. The number of piperazine rings is 1. The maximum atomic E-state index is 13.5. The molecule has 10 heteroatoms. The number of halogens is 1. The summed E-state index contributed by atoms with van der Waals surface area (Å²) in [5, 5.41) is 6.69. The standard InChI is InChI=1S/C27H25FN6O2S/c28-21-6-4-5-20(17-21)26(36)33-15-13-32(14-16-33)23-11-9-22(10-12-23)31-25(35)18-37-27-29-19-30-34(27)24-7-2-1-3-8-24/h1-12,17,19H,13-16,18H2,(H,31,35)/p+1. The van der Waals surface area contributed by atoms with Crippen LogP contribution < -0.4 is 14.9 Å². The lowest BCUT2D eigenvalue weighted by atomic mass is 10.1. The minimum absolute atomic E-state index is 0.121. The van der Waals surface area contributed by atoms with Crippen molar-refractivity contribution in [3.63, 3.8) is 0 Å². The lowest BCUT2D eigenvalue weighted by molar-refractivity contribution is -0.694. The number of rotatable bonds is 7. The third-order valence-corrected chi connectivity index (χ3v) is 7.01. The summed E-state index contributed by atoms with van der Waals surface area (Å²) in [6, 6.07) is 23.2. The Balaban J connectivity index is 1.11. The highest BCUT2D eigenvalue weighted by molar-refractivity contribution is 7.99. The number of thioether (sulfide) groups is 1. The van der Waals surface area contributed by atoms with Gasteiger partial charge >= 0.3 is 5.16 Å². The average Bonchev–Trinajstić information content (AvgIpc) is 3.41. The summed E-state index contributed by atoms with van der Waals surface area (Å²) >= 11 is 1.35. The van der Waals surface area contributed by atoms with Gasteiger partial charge in [-0.25, -0.2) is 4.39 Å². The molecule has 1 fully saturated rings. The van der Waals surface area contributed by atoms with Crippen LogP contribution in [-0.2, 0) is 4.79 Å². The molecule has 0 unspecified atom stereocenters. The van der Waals surface area contributed by atoms with Gasteiger partial charge in [0.2, 0.25) is 12.2 Å². The van der Waals surface area contributed by atoms with Crippen LogP contribution in [-0.4, -0.2) is 58.7 Å². The molecule has 0 atom stereocenters. The zero-order chi connectivity index (χ0) is 25.6. The predicted octanol–water partition coefficient (Wildman–Crippen LogP) is 3.52. The molecular formula is C27H26FN6O2S+. The Morgan fingerprint density at radius 3 is 2.46 bits per heavy atom. The Labute approximate surface area is 218 Å². The van der Waals surface area contributed by atoms with Gasteiger partial charge in [-0.05, 0) is 71.3 Å². The van der Waals surface area contributed by atoms with Gasteiger partial charge in [-0.1, -0.05) is 24.3 Å². The number of hydrogen-bond donors (Lipinski definition) is 2. The number of H-pyrrole nitrogens is 1. The third-order valence-electron chi connectivity index (χ3n) is 6.05. The molecule has 188 valence electrons. The van der Waals surface area contributed by atoms with Gasteiger partial charge in [0.25, 0.3) is 5.91 Å². The zero-order valence-corrected chi connectivity index (χ0v) is 20.8. The number of aromatic amines is 1. The van der Waals surface area contributed by atoms with E-state index in [4.69, 9.17) is 0 Å². The van der Waals surface area contributed by atoms with E-state index < -0.39 is 5.82 Å². The van der Waals surface area contributed by atoms with Crippen molar-refractivity contribution in [3.05, 3.63) is 96.6 Å². The van der Waals surface area contributed by atoms with Gasteiger partial charge in [0.15, 0.2) is 5.69 Å². The maximum absolute atomic E-state index is 13.5. The molecule has 0 spiro atoms. The fourth-order valence-electron chi connectivity index (χ4n) is 4.17. The summed E-state index contributed by atoms with van der Waals surface area (Å²) in [7, 11) is 0. The van der Waals surface area contributed by atoms with Gasteiger partial charge < -0.3 is 15.1 Å². The van der Waals surface area contributed by atoms with Crippen molar-refractivity contribution < 1.29 is 18.7 Å². The highest BCUT2D eigenvalue weighted by Gasteiger charge is 2.23. The maximum Gasteiger partial charge on any atom is 0.385 e. The van der Waals surface area contributed by atoms with Crippen LogP contribution >= 0.6 is 11.8 Å². The third kappa shape index (κ3) is 5.97. The lowest BCUT2D eigenvalue weighted by Gasteiger charge is -2.36. The van der Waals surface area contributed by atoms with E-state index in [0.29, 0.717) is 42.6 Å². The second-order valence-corrected chi connectivity index (χ2v) is 9.46. The summed E-state index contributed by atoms with van der Waals surface area (Å²) in [6.45, 7) is 2.46. The van der Waals surface area contributed by atoms with Crippen LogP contribution in [0.1, 0.15) is 10.4 Å². The molecule has 0 aliphatic carbocycles. The van der Waals surface area contributed by atoms with Gasteiger partial charge in [0, 0.05) is 43.1 Å². The van der Waals surface area contributed by atoms with Crippen molar-refractivity contribution in [2.45, 2.75) is 5.16 Å². The van der Waals surface area contributed by atoms with Crippen LogP contribution in [0.15, 0.2) is 90.3 Å². The Bertz CT molecular complexity index is 1370. The predicted molar refractivity (Wildman–Crippen MR) is 140 cm³/mol. The molecule has 0 saturated carbocycles. The molecule has 1 aromatic heterocycles. The first-order chi connectivity index (χ1) is 18.1. The molecule has 2 N–H and O–H groups in total. The van der Waals surface area contributed by atoms with E-state index in [1.54, 1.807) is 23.4 Å². The largest absolute Gasteiger partial charge is 0.385 e. The van der Waals surface area contributed by atoms with Gasteiger partial charge in [0.1, 0.15) is 5.82 Å². The summed E-state index contributed by atoms with van der Waals surface area (Å²) in [4.78, 5) is 33.4. The number of amides is 2. The van der Waals surface area contributed by atoms with E-state index in [-0.39, 0.29) is 17.6 Å². The molecule has 2 amide bonds. The second kappa shape index (κ2) is 11.3. The smallest absolute Gasteiger partial charge is 0.368 e. The minimum atomic E-state index is -0.410. The first-order valence-corrected chi connectivity index (χ1v) is 12.9. The first kappa shape index (κ1) is 24.5. The topological polar surface area (TPSA) is 85.2 Å². The summed E-state index contributed by atoms with van der Waals surface area (Å²) in [5.41, 5.74) is 3.05. The molecule has 2 heterocycles. The number of carbonyl (C=O) groups excluding carboxylic acids is 2. The van der Waals surface area contributed by atoms with Crippen molar-refractivity contribution in [2.24, 2.45) is 0 Å². The van der Waals surface area contributed by atoms with Crippen molar-refractivity contribution in [1.82, 2.24) is 15.0 Å². The number of nitrogens with zero attached hydrogens (tertiary/aromatic N) is 4. The number of nitrogens with one attached hydrogen (secondary N) is 2. The molecule has 3 aromatic carbocycles. The number of anilines is 2. The number of hydrogen-bond acceptors (Lipinski definition) is 5. The van der Waals surface area contributed by atoms with Crippen LogP contribution in [0.4, 0.5) is 15.8 Å². The van der Waals surface area contributed by atoms with Crippen LogP contribution in [0.5, 0.6) is 0 Å².